The molecule has 1 aliphatic rings. The van der Waals surface area contributed by atoms with E-state index in [9.17, 15) is 0 Å². The number of nitrogens with one attached hydrogen (secondary N) is 1. The summed E-state index contributed by atoms with van der Waals surface area (Å²) in [7, 11) is 0. The number of hydrogen-bond acceptors (Lipinski definition) is 2. The van der Waals surface area contributed by atoms with E-state index in [1.165, 1.54) is 43.6 Å². The van der Waals surface area contributed by atoms with Crippen molar-refractivity contribution in [2.45, 2.75) is 58.5 Å². The van der Waals surface area contributed by atoms with E-state index in [1.54, 1.807) is 0 Å². The number of rotatable bonds is 6. The Bertz CT molecular complexity index is 385. The Morgan fingerprint density at radius 2 is 1.95 bits per heavy atom. The summed E-state index contributed by atoms with van der Waals surface area (Å²) in [4.78, 5) is 2.56. The van der Waals surface area contributed by atoms with Crippen molar-refractivity contribution in [1.29, 1.82) is 0 Å². The quantitative estimate of drug-likeness (QED) is 0.849. The molecule has 0 spiro atoms. The van der Waals surface area contributed by atoms with E-state index < -0.39 is 0 Å². The molecule has 0 amide bonds. The van der Waals surface area contributed by atoms with E-state index in [-0.39, 0.29) is 0 Å². The molecular weight excluding hydrogens is 244 g/mol. The first-order valence-electron chi connectivity index (χ1n) is 8.34. The summed E-state index contributed by atoms with van der Waals surface area (Å²) >= 11 is 0. The minimum absolute atomic E-state index is 0.503. The average molecular weight is 274 g/mol. The number of benzene rings is 1. The zero-order valence-electron chi connectivity index (χ0n) is 13.4. The van der Waals surface area contributed by atoms with Gasteiger partial charge in [0.1, 0.15) is 0 Å². The number of piperidine rings is 1. The fourth-order valence-electron chi connectivity index (χ4n) is 3.20. The SMILES string of the molecule is CCc1ccc(C(CC)NC2CCCN(CC)C2)cc1. The van der Waals surface area contributed by atoms with E-state index in [0.29, 0.717) is 12.1 Å². The zero-order chi connectivity index (χ0) is 14.4. The van der Waals surface area contributed by atoms with Crippen LogP contribution >= 0.6 is 0 Å². The van der Waals surface area contributed by atoms with Crippen LogP contribution < -0.4 is 5.32 Å². The van der Waals surface area contributed by atoms with Gasteiger partial charge in [0.2, 0.25) is 0 Å². The molecule has 0 aromatic heterocycles. The van der Waals surface area contributed by atoms with Crippen molar-refractivity contribution in [3.05, 3.63) is 35.4 Å². The van der Waals surface area contributed by atoms with Crippen molar-refractivity contribution >= 4 is 0 Å². The summed E-state index contributed by atoms with van der Waals surface area (Å²) in [6.45, 7) is 10.4. The first kappa shape index (κ1) is 15.5. The van der Waals surface area contributed by atoms with Crippen LogP contribution in [0.1, 0.15) is 57.2 Å². The summed E-state index contributed by atoms with van der Waals surface area (Å²) in [5, 5.41) is 3.88. The fraction of sp³-hybridized carbons (Fsp3) is 0.667. The van der Waals surface area contributed by atoms with Gasteiger partial charge < -0.3 is 10.2 Å². The van der Waals surface area contributed by atoms with Crippen LogP contribution in [0.15, 0.2) is 24.3 Å². The van der Waals surface area contributed by atoms with Gasteiger partial charge in [-0.25, -0.2) is 0 Å². The normalized spacial score (nSPS) is 21.9. The highest BCUT2D eigenvalue weighted by molar-refractivity contribution is 5.25. The van der Waals surface area contributed by atoms with Crippen LogP contribution in [0.5, 0.6) is 0 Å². The van der Waals surface area contributed by atoms with Crippen LogP contribution in [0.2, 0.25) is 0 Å². The Morgan fingerprint density at radius 1 is 1.20 bits per heavy atom. The second-order valence-corrected chi connectivity index (χ2v) is 5.96. The largest absolute Gasteiger partial charge is 0.306 e. The summed E-state index contributed by atoms with van der Waals surface area (Å²) in [6, 6.07) is 10.3. The van der Waals surface area contributed by atoms with Crippen molar-refractivity contribution in [2.75, 3.05) is 19.6 Å². The highest BCUT2D eigenvalue weighted by Gasteiger charge is 2.21. The molecule has 112 valence electrons. The molecule has 2 unspecified atom stereocenters. The standard InChI is InChI=1S/C18H30N2/c1-4-15-9-11-16(12-10-15)18(5-2)19-17-8-7-13-20(6-3)14-17/h9-12,17-19H,4-8,13-14H2,1-3H3. The molecule has 2 heteroatoms. The molecule has 2 rings (SSSR count). The maximum Gasteiger partial charge on any atom is 0.0320 e. The lowest BCUT2D eigenvalue weighted by Crippen LogP contribution is -2.46. The lowest BCUT2D eigenvalue weighted by Gasteiger charge is -2.34. The van der Waals surface area contributed by atoms with E-state index in [0.717, 1.165) is 12.8 Å². The van der Waals surface area contributed by atoms with E-state index in [2.05, 4.69) is 55.3 Å². The lowest BCUT2D eigenvalue weighted by atomic mass is 9.98. The number of likely N-dealkylation sites (N-methyl/N-ethyl adjacent to an activating group) is 1. The molecule has 0 radical (unpaired) electrons. The first-order chi connectivity index (χ1) is 9.76. The number of likely N-dealkylation sites (tertiary alicyclic amines) is 1. The van der Waals surface area contributed by atoms with E-state index in [4.69, 9.17) is 0 Å². The summed E-state index contributed by atoms with van der Waals surface area (Å²) in [6.07, 6.45) is 4.93. The maximum atomic E-state index is 3.88. The Labute approximate surface area is 124 Å². The third-order valence-corrected chi connectivity index (χ3v) is 4.59. The Kier molecular flexibility index (Phi) is 6.06. The number of hydrogen-bond donors (Lipinski definition) is 1. The Morgan fingerprint density at radius 3 is 2.55 bits per heavy atom. The minimum Gasteiger partial charge on any atom is -0.306 e. The monoisotopic (exact) mass is 274 g/mol. The number of aryl methyl sites for hydroxylation is 1. The van der Waals surface area contributed by atoms with Crippen LogP contribution in [-0.2, 0) is 6.42 Å². The Hall–Kier alpha value is -0.860. The molecule has 0 bridgehead atoms. The van der Waals surface area contributed by atoms with Gasteiger partial charge in [-0.15, -0.1) is 0 Å². The van der Waals surface area contributed by atoms with Crippen molar-refractivity contribution in [2.24, 2.45) is 0 Å². The summed E-state index contributed by atoms with van der Waals surface area (Å²) in [5.74, 6) is 0. The van der Waals surface area contributed by atoms with Gasteiger partial charge in [-0.1, -0.05) is 45.0 Å². The molecule has 0 aliphatic carbocycles. The molecular formula is C18H30N2. The molecule has 1 fully saturated rings. The first-order valence-corrected chi connectivity index (χ1v) is 8.34. The van der Waals surface area contributed by atoms with Gasteiger partial charge in [0.15, 0.2) is 0 Å². The van der Waals surface area contributed by atoms with Crippen LogP contribution in [0, 0.1) is 0 Å². The van der Waals surface area contributed by atoms with Crippen molar-refractivity contribution in [3.8, 4) is 0 Å². The topological polar surface area (TPSA) is 15.3 Å². The van der Waals surface area contributed by atoms with Gasteiger partial charge in [0.05, 0.1) is 0 Å². The third kappa shape index (κ3) is 4.07. The molecule has 1 aromatic rings. The number of nitrogens with zero attached hydrogens (tertiary/aromatic N) is 1. The van der Waals surface area contributed by atoms with E-state index >= 15 is 0 Å². The second-order valence-electron chi connectivity index (χ2n) is 5.96. The van der Waals surface area contributed by atoms with E-state index in [1.807, 2.05) is 0 Å². The highest BCUT2D eigenvalue weighted by atomic mass is 15.2. The lowest BCUT2D eigenvalue weighted by molar-refractivity contribution is 0.189. The molecule has 1 aromatic carbocycles. The van der Waals surface area contributed by atoms with Crippen molar-refractivity contribution in [3.63, 3.8) is 0 Å². The summed E-state index contributed by atoms with van der Waals surface area (Å²) < 4.78 is 0. The highest BCUT2D eigenvalue weighted by Crippen LogP contribution is 2.20. The van der Waals surface area contributed by atoms with Gasteiger partial charge in [0, 0.05) is 18.6 Å². The van der Waals surface area contributed by atoms with Gasteiger partial charge in [-0.2, -0.15) is 0 Å². The molecule has 0 saturated carbocycles. The molecule has 1 saturated heterocycles. The smallest absolute Gasteiger partial charge is 0.0320 e. The van der Waals surface area contributed by atoms with Crippen LogP contribution in [0.4, 0.5) is 0 Å². The summed E-state index contributed by atoms with van der Waals surface area (Å²) in [5.41, 5.74) is 2.87. The molecule has 1 N–H and O–H groups in total. The van der Waals surface area contributed by atoms with Crippen molar-refractivity contribution < 1.29 is 0 Å². The van der Waals surface area contributed by atoms with Gasteiger partial charge in [0.25, 0.3) is 0 Å². The van der Waals surface area contributed by atoms with Crippen LogP contribution in [0.25, 0.3) is 0 Å². The van der Waals surface area contributed by atoms with Crippen molar-refractivity contribution in [1.82, 2.24) is 10.2 Å². The van der Waals surface area contributed by atoms with Gasteiger partial charge >= 0.3 is 0 Å². The molecule has 1 aliphatic heterocycles. The maximum absolute atomic E-state index is 3.88. The molecule has 1 heterocycles. The fourth-order valence-corrected chi connectivity index (χ4v) is 3.20. The van der Waals surface area contributed by atoms with Gasteiger partial charge in [-0.05, 0) is 49.9 Å². The minimum atomic E-state index is 0.503. The molecule has 2 atom stereocenters. The zero-order valence-corrected chi connectivity index (χ0v) is 13.4. The average Bonchev–Trinajstić information content (AvgIpc) is 2.53. The Balaban J connectivity index is 1.97. The van der Waals surface area contributed by atoms with Crippen LogP contribution in [0.3, 0.4) is 0 Å². The second kappa shape index (κ2) is 7.80. The molecule has 20 heavy (non-hydrogen) atoms. The molecule has 2 nitrogen and oxygen atoms in total. The third-order valence-electron chi connectivity index (χ3n) is 4.59. The van der Waals surface area contributed by atoms with Crippen LogP contribution in [-0.4, -0.2) is 30.6 Å². The predicted molar refractivity (Wildman–Crippen MR) is 87.1 cm³/mol. The van der Waals surface area contributed by atoms with Gasteiger partial charge in [-0.3, -0.25) is 0 Å². The predicted octanol–water partition coefficient (Wildman–Crippen LogP) is 3.77.